The zero-order valence-electron chi connectivity index (χ0n) is 10.9. The number of halogens is 1. The monoisotopic (exact) mass is 337 g/mol. The van der Waals surface area contributed by atoms with Crippen LogP contribution in [0.25, 0.3) is 0 Å². The van der Waals surface area contributed by atoms with Crippen molar-refractivity contribution in [1.29, 1.82) is 0 Å². The van der Waals surface area contributed by atoms with E-state index in [1.54, 1.807) is 0 Å². The number of carbonyl (C=O) groups is 1. The number of sulfonamides is 1. The predicted octanol–water partition coefficient (Wildman–Crippen LogP) is 2.28. The van der Waals surface area contributed by atoms with E-state index >= 15 is 0 Å². The van der Waals surface area contributed by atoms with Crippen LogP contribution in [0.5, 0.6) is 0 Å². The van der Waals surface area contributed by atoms with Gasteiger partial charge >= 0.3 is 0 Å². The zero-order chi connectivity index (χ0) is 13.6. The Morgan fingerprint density at radius 2 is 1.78 bits per heavy atom. The molecule has 1 saturated heterocycles. The second kappa shape index (κ2) is 4.47. The van der Waals surface area contributed by atoms with Crippen LogP contribution in [0.2, 0.25) is 0 Å². The van der Waals surface area contributed by atoms with Gasteiger partial charge in [-0.05, 0) is 32.1 Å². The highest BCUT2D eigenvalue weighted by atomic mass is 79.9. The first-order chi connectivity index (χ1) is 8.27. The third kappa shape index (κ3) is 1.92. The highest BCUT2D eigenvalue weighted by Crippen LogP contribution is 2.43. The van der Waals surface area contributed by atoms with Gasteiger partial charge in [0.1, 0.15) is 0 Å². The lowest BCUT2D eigenvalue weighted by Gasteiger charge is -2.48. The first-order valence-electron chi connectivity index (χ1n) is 6.40. The fourth-order valence-electron chi connectivity index (χ4n) is 2.85. The van der Waals surface area contributed by atoms with Gasteiger partial charge in [0.2, 0.25) is 0 Å². The fraction of sp³-hybridized carbons (Fsp3) is 0.917. The van der Waals surface area contributed by atoms with Gasteiger partial charge in [-0.3, -0.25) is 4.79 Å². The van der Waals surface area contributed by atoms with Gasteiger partial charge in [0, 0.05) is 11.9 Å². The van der Waals surface area contributed by atoms with Crippen LogP contribution in [-0.2, 0) is 14.8 Å². The van der Waals surface area contributed by atoms with Crippen molar-refractivity contribution in [2.24, 2.45) is 5.41 Å². The summed E-state index contributed by atoms with van der Waals surface area (Å²) >= 11 is 3.50. The molecule has 1 saturated carbocycles. The zero-order valence-corrected chi connectivity index (χ0v) is 13.3. The maximum absolute atomic E-state index is 12.1. The highest BCUT2D eigenvalue weighted by Gasteiger charge is 2.61. The van der Waals surface area contributed by atoms with Crippen molar-refractivity contribution in [3.63, 3.8) is 0 Å². The molecule has 6 heteroatoms. The molecule has 0 spiro atoms. The van der Waals surface area contributed by atoms with Crippen LogP contribution in [0, 0.1) is 5.41 Å². The summed E-state index contributed by atoms with van der Waals surface area (Å²) in [6.07, 6.45) is 5.45. The molecular formula is C12H20BrNO3S. The standard InChI is InChI=1S/C12H20BrNO3S/c1-11(2)10(15)14(18(11,16)17)9-12(8-13)6-4-3-5-7-12/h3-9H2,1-2H3. The molecule has 0 radical (unpaired) electrons. The molecule has 0 unspecified atom stereocenters. The Labute approximate surface area is 117 Å². The second-order valence-corrected chi connectivity index (χ2v) is 8.99. The number of hydrogen-bond donors (Lipinski definition) is 0. The molecule has 1 amide bonds. The molecule has 0 N–H and O–H groups in total. The molecular weight excluding hydrogens is 318 g/mol. The molecule has 1 heterocycles. The van der Waals surface area contributed by atoms with E-state index in [4.69, 9.17) is 0 Å². The molecule has 0 aromatic heterocycles. The molecule has 0 aromatic carbocycles. The fourth-order valence-corrected chi connectivity index (χ4v) is 5.23. The van der Waals surface area contributed by atoms with Crippen molar-refractivity contribution < 1.29 is 13.2 Å². The number of hydrogen-bond acceptors (Lipinski definition) is 3. The molecule has 2 rings (SSSR count). The molecule has 18 heavy (non-hydrogen) atoms. The lowest BCUT2D eigenvalue weighted by molar-refractivity contribution is -0.133. The number of alkyl halides is 1. The molecule has 0 bridgehead atoms. The summed E-state index contributed by atoms with van der Waals surface area (Å²) in [4.78, 5) is 12.0. The number of nitrogens with zero attached hydrogens (tertiary/aromatic N) is 1. The minimum atomic E-state index is -3.43. The van der Waals surface area contributed by atoms with Crippen LogP contribution in [0.1, 0.15) is 46.0 Å². The minimum Gasteiger partial charge on any atom is -0.272 e. The summed E-state index contributed by atoms with van der Waals surface area (Å²) in [6.45, 7) is 3.33. The van der Waals surface area contributed by atoms with Crippen LogP contribution in [0.4, 0.5) is 0 Å². The van der Waals surface area contributed by atoms with Crippen LogP contribution < -0.4 is 0 Å². The van der Waals surface area contributed by atoms with Crippen molar-refractivity contribution in [3.8, 4) is 0 Å². The Morgan fingerprint density at radius 3 is 2.22 bits per heavy atom. The maximum atomic E-state index is 12.1. The predicted molar refractivity (Wildman–Crippen MR) is 74.0 cm³/mol. The van der Waals surface area contributed by atoms with Crippen molar-refractivity contribution in [1.82, 2.24) is 4.31 Å². The van der Waals surface area contributed by atoms with E-state index in [9.17, 15) is 13.2 Å². The Balaban J connectivity index is 2.17. The molecule has 0 atom stereocenters. The van der Waals surface area contributed by atoms with E-state index in [1.807, 2.05) is 0 Å². The van der Waals surface area contributed by atoms with E-state index in [0.29, 0.717) is 6.54 Å². The first-order valence-corrected chi connectivity index (χ1v) is 8.96. The first kappa shape index (κ1) is 14.3. The molecule has 4 nitrogen and oxygen atoms in total. The largest absolute Gasteiger partial charge is 0.272 e. The van der Waals surface area contributed by atoms with Crippen LogP contribution in [-0.4, -0.2) is 35.3 Å². The van der Waals surface area contributed by atoms with E-state index < -0.39 is 14.8 Å². The van der Waals surface area contributed by atoms with Gasteiger partial charge in [0.05, 0.1) is 0 Å². The van der Waals surface area contributed by atoms with E-state index in [1.165, 1.54) is 20.3 Å². The van der Waals surface area contributed by atoms with Gasteiger partial charge in [0.25, 0.3) is 15.9 Å². The average molecular weight is 338 g/mol. The quantitative estimate of drug-likeness (QED) is 0.742. The van der Waals surface area contributed by atoms with Gasteiger partial charge in [-0.25, -0.2) is 12.7 Å². The average Bonchev–Trinajstić information content (AvgIpc) is 2.36. The van der Waals surface area contributed by atoms with Gasteiger partial charge in [-0.15, -0.1) is 0 Å². The molecule has 2 aliphatic rings. The molecule has 104 valence electrons. The highest BCUT2D eigenvalue weighted by molar-refractivity contribution is 9.09. The lowest BCUT2D eigenvalue weighted by Crippen LogP contribution is -2.69. The Bertz CT molecular complexity index is 452. The van der Waals surface area contributed by atoms with Gasteiger partial charge in [-0.1, -0.05) is 35.2 Å². The Morgan fingerprint density at radius 1 is 1.22 bits per heavy atom. The Hall–Kier alpha value is -0.100. The number of amides is 1. The van der Waals surface area contributed by atoms with Crippen molar-refractivity contribution in [2.45, 2.75) is 50.7 Å². The lowest BCUT2D eigenvalue weighted by atomic mass is 9.75. The topological polar surface area (TPSA) is 54.5 Å². The van der Waals surface area contributed by atoms with Crippen molar-refractivity contribution in [3.05, 3.63) is 0 Å². The summed E-state index contributed by atoms with van der Waals surface area (Å²) < 4.78 is 24.1. The minimum absolute atomic E-state index is 0.0581. The van der Waals surface area contributed by atoms with E-state index in [-0.39, 0.29) is 11.3 Å². The molecule has 2 fully saturated rings. The van der Waals surface area contributed by atoms with Gasteiger partial charge in [0.15, 0.2) is 4.75 Å². The molecule has 0 aromatic rings. The smallest absolute Gasteiger partial charge is 0.258 e. The van der Waals surface area contributed by atoms with Gasteiger partial charge < -0.3 is 0 Å². The van der Waals surface area contributed by atoms with Crippen molar-refractivity contribution in [2.75, 3.05) is 11.9 Å². The van der Waals surface area contributed by atoms with Gasteiger partial charge in [-0.2, -0.15) is 0 Å². The third-order valence-corrected chi connectivity index (χ3v) is 7.88. The third-order valence-electron chi connectivity index (χ3n) is 4.35. The number of carbonyl (C=O) groups excluding carboxylic acids is 1. The van der Waals surface area contributed by atoms with Crippen LogP contribution in [0.3, 0.4) is 0 Å². The summed E-state index contributed by atoms with van der Waals surface area (Å²) in [5.41, 5.74) is -0.0581. The molecule has 1 aliphatic carbocycles. The second-order valence-electron chi connectivity index (χ2n) is 6.02. The summed E-state index contributed by atoms with van der Waals surface area (Å²) in [7, 11) is -3.43. The summed E-state index contributed by atoms with van der Waals surface area (Å²) in [5, 5.41) is 0.764. The van der Waals surface area contributed by atoms with Crippen LogP contribution >= 0.6 is 15.9 Å². The van der Waals surface area contributed by atoms with E-state index in [0.717, 1.165) is 35.3 Å². The maximum Gasteiger partial charge on any atom is 0.258 e. The van der Waals surface area contributed by atoms with Crippen molar-refractivity contribution >= 4 is 31.9 Å². The van der Waals surface area contributed by atoms with Crippen LogP contribution in [0.15, 0.2) is 0 Å². The number of rotatable bonds is 3. The Kier molecular flexibility index (Phi) is 3.56. The summed E-state index contributed by atoms with van der Waals surface area (Å²) in [6, 6.07) is 0. The van der Waals surface area contributed by atoms with E-state index in [2.05, 4.69) is 15.9 Å². The SMILES string of the molecule is CC1(C)C(=O)N(CC2(CBr)CCCCC2)S1(=O)=O. The molecule has 1 aliphatic heterocycles. The summed E-state index contributed by atoms with van der Waals surface area (Å²) in [5.74, 6) is -0.256. The normalized spacial score (nSPS) is 28.8.